The second-order valence-electron chi connectivity index (χ2n) is 5.58. The summed E-state index contributed by atoms with van der Waals surface area (Å²) in [5.41, 5.74) is 1.91. The molecule has 1 aromatic carbocycles. The normalized spacial score (nSPS) is 15.8. The van der Waals surface area contributed by atoms with Crippen LogP contribution in [-0.4, -0.2) is 36.6 Å². The Kier molecular flexibility index (Phi) is 4.83. The van der Waals surface area contributed by atoms with E-state index < -0.39 is 11.9 Å². The van der Waals surface area contributed by atoms with Crippen LogP contribution in [0.5, 0.6) is 0 Å². The van der Waals surface area contributed by atoms with E-state index in [1.807, 2.05) is 24.3 Å². The van der Waals surface area contributed by atoms with E-state index in [-0.39, 0.29) is 12.5 Å². The third-order valence-corrected chi connectivity index (χ3v) is 3.89. The van der Waals surface area contributed by atoms with Gasteiger partial charge < -0.3 is 14.9 Å². The molecule has 1 atom stereocenters. The van der Waals surface area contributed by atoms with Gasteiger partial charge in [-0.15, -0.1) is 0 Å². The molecule has 1 saturated heterocycles. The highest BCUT2D eigenvalue weighted by atomic mass is 16.4. The standard InChI is InChI=1S/C16H22N2O3/c1-12(16(20)21)11-18(13(2)19)15-7-5-14(6-8-15)17-9-3-4-10-17/h5-8,12H,3-4,9-11H2,1-2H3,(H,20,21). The number of carboxylic acid groups (broad SMARTS) is 1. The van der Waals surface area contributed by atoms with Crippen molar-refractivity contribution < 1.29 is 14.7 Å². The molecule has 0 aromatic heterocycles. The van der Waals surface area contributed by atoms with E-state index in [4.69, 9.17) is 5.11 Å². The van der Waals surface area contributed by atoms with Gasteiger partial charge in [0.25, 0.3) is 0 Å². The number of benzene rings is 1. The smallest absolute Gasteiger partial charge is 0.308 e. The average Bonchev–Trinajstić information content (AvgIpc) is 2.98. The summed E-state index contributed by atoms with van der Waals surface area (Å²) in [6.07, 6.45) is 2.44. The Morgan fingerprint density at radius 1 is 1.24 bits per heavy atom. The molecule has 0 bridgehead atoms. The Labute approximate surface area is 125 Å². The van der Waals surface area contributed by atoms with Crippen molar-refractivity contribution in [1.82, 2.24) is 0 Å². The molecule has 0 saturated carbocycles. The van der Waals surface area contributed by atoms with Gasteiger partial charge >= 0.3 is 5.97 Å². The number of carbonyl (C=O) groups excluding carboxylic acids is 1. The number of hydrogen-bond donors (Lipinski definition) is 1. The summed E-state index contributed by atoms with van der Waals surface area (Å²) in [5.74, 6) is -1.63. The summed E-state index contributed by atoms with van der Waals surface area (Å²) in [5, 5.41) is 9.00. The van der Waals surface area contributed by atoms with Crippen LogP contribution in [0.3, 0.4) is 0 Å². The fraction of sp³-hybridized carbons (Fsp3) is 0.500. The number of hydrogen-bond acceptors (Lipinski definition) is 3. The first-order chi connectivity index (χ1) is 9.99. The summed E-state index contributed by atoms with van der Waals surface area (Å²) in [4.78, 5) is 26.6. The number of carboxylic acids is 1. The molecule has 5 nitrogen and oxygen atoms in total. The lowest BCUT2D eigenvalue weighted by molar-refractivity contribution is -0.140. The molecule has 21 heavy (non-hydrogen) atoms. The Morgan fingerprint density at radius 2 is 1.81 bits per heavy atom. The van der Waals surface area contributed by atoms with Crippen molar-refractivity contribution in [1.29, 1.82) is 0 Å². The monoisotopic (exact) mass is 290 g/mol. The van der Waals surface area contributed by atoms with Crippen LogP contribution in [0.2, 0.25) is 0 Å². The first kappa shape index (κ1) is 15.4. The zero-order valence-corrected chi connectivity index (χ0v) is 12.6. The van der Waals surface area contributed by atoms with E-state index in [9.17, 15) is 9.59 Å². The molecule has 1 fully saturated rings. The van der Waals surface area contributed by atoms with Crippen molar-refractivity contribution in [3.8, 4) is 0 Å². The molecular formula is C16H22N2O3. The Morgan fingerprint density at radius 3 is 2.29 bits per heavy atom. The largest absolute Gasteiger partial charge is 0.481 e. The van der Waals surface area contributed by atoms with E-state index in [1.165, 1.54) is 24.7 Å². The van der Waals surface area contributed by atoms with E-state index in [1.54, 1.807) is 6.92 Å². The lowest BCUT2D eigenvalue weighted by Crippen LogP contribution is -2.35. The van der Waals surface area contributed by atoms with Crippen molar-refractivity contribution >= 4 is 23.3 Å². The molecule has 5 heteroatoms. The SMILES string of the molecule is CC(=O)N(CC(C)C(=O)O)c1ccc(N2CCCC2)cc1. The van der Waals surface area contributed by atoms with Gasteiger partial charge in [0.05, 0.1) is 5.92 Å². The Balaban J connectivity index is 2.13. The van der Waals surface area contributed by atoms with Gasteiger partial charge in [0.15, 0.2) is 0 Å². The third-order valence-electron chi connectivity index (χ3n) is 3.89. The minimum absolute atomic E-state index is 0.142. The maximum atomic E-state index is 11.8. The number of amides is 1. The third kappa shape index (κ3) is 3.74. The number of nitrogens with zero attached hydrogens (tertiary/aromatic N) is 2. The summed E-state index contributed by atoms with van der Waals surface area (Å²) in [7, 11) is 0. The number of carbonyl (C=O) groups is 2. The van der Waals surface area contributed by atoms with Gasteiger partial charge in [0.2, 0.25) is 5.91 Å². The van der Waals surface area contributed by atoms with Gasteiger partial charge in [-0.1, -0.05) is 6.92 Å². The van der Waals surface area contributed by atoms with Crippen molar-refractivity contribution in [2.45, 2.75) is 26.7 Å². The fourth-order valence-electron chi connectivity index (χ4n) is 2.59. The average molecular weight is 290 g/mol. The molecule has 0 aliphatic carbocycles. The molecule has 1 N–H and O–H groups in total. The summed E-state index contributed by atoms with van der Waals surface area (Å²) >= 11 is 0. The predicted octanol–water partition coefficient (Wildman–Crippen LogP) is 2.36. The van der Waals surface area contributed by atoms with Gasteiger partial charge in [0.1, 0.15) is 0 Å². The topological polar surface area (TPSA) is 60.9 Å². The minimum atomic E-state index is -0.894. The second-order valence-corrected chi connectivity index (χ2v) is 5.58. The summed E-state index contributed by atoms with van der Waals surface area (Å²) in [6, 6.07) is 7.79. The van der Waals surface area contributed by atoms with Crippen LogP contribution < -0.4 is 9.80 Å². The fourth-order valence-corrected chi connectivity index (χ4v) is 2.59. The summed E-state index contributed by atoms with van der Waals surface area (Å²) in [6.45, 7) is 5.41. The molecule has 1 heterocycles. The molecule has 2 rings (SSSR count). The lowest BCUT2D eigenvalue weighted by atomic mass is 10.1. The number of rotatable bonds is 5. The highest BCUT2D eigenvalue weighted by molar-refractivity contribution is 5.92. The van der Waals surface area contributed by atoms with Crippen molar-refractivity contribution in [2.75, 3.05) is 29.4 Å². The van der Waals surface area contributed by atoms with Crippen molar-refractivity contribution in [3.63, 3.8) is 0 Å². The van der Waals surface area contributed by atoms with E-state index in [2.05, 4.69) is 4.90 Å². The predicted molar refractivity (Wildman–Crippen MR) is 82.7 cm³/mol. The van der Waals surface area contributed by atoms with Gasteiger partial charge in [-0.05, 0) is 37.1 Å². The molecule has 1 aliphatic rings. The molecule has 1 aliphatic heterocycles. The van der Waals surface area contributed by atoms with Crippen LogP contribution in [0.4, 0.5) is 11.4 Å². The molecule has 0 radical (unpaired) electrons. The van der Waals surface area contributed by atoms with E-state index in [0.29, 0.717) is 0 Å². The van der Waals surface area contributed by atoms with Crippen LogP contribution in [0, 0.1) is 5.92 Å². The number of anilines is 2. The van der Waals surface area contributed by atoms with Gasteiger partial charge in [-0.2, -0.15) is 0 Å². The Bertz CT molecular complexity index is 507. The van der Waals surface area contributed by atoms with Gasteiger partial charge in [-0.3, -0.25) is 9.59 Å². The van der Waals surface area contributed by atoms with Gasteiger partial charge in [-0.25, -0.2) is 0 Å². The van der Waals surface area contributed by atoms with Crippen LogP contribution in [0.15, 0.2) is 24.3 Å². The zero-order chi connectivity index (χ0) is 15.4. The maximum absolute atomic E-state index is 11.8. The molecule has 114 valence electrons. The lowest BCUT2D eigenvalue weighted by Gasteiger charge is -2.24. The molecule has 1 amide bonds. The maximum Gasteiger partial charge on any atom is 0.308 e. The quantitative estimate of drug-likeness (QED) is 0.904. The van der Waals surface area contributed by atoms with Crippen LogP contribution >= 0.6 is 0 Å². The van der Waals surface area contributed by atoms with Gasteiger partial charge in [0, 0.05) is 37.9 Å². The first-order valence-electron chi connectivity index (χ1n) is 7.35. The van der Waals surface area contributed by atoms with Crippen molar-refractivity contribution in [3.05, 3.63) is 24.3 Å². The van der Waals surface area contributed by atoms with E-state index in [0.717, 1.165) is 24.5 Å². The zero-order valence-electron chi connectivity index (χ0n) is 12.6. The van der Waals surface area contributed by atoms with E-state index >= 15 is 0 Å². The molecule has 1 unspecified atom stereocenters. The molecule has 1 aromatic rings. The highest BCUT2D eigenvalue weighted by Gasteiger charge is 2.20. The van der Waals surface area contributed by atoms with Crippen LogP contribution in [0.1, 0.15) is 26.7 Å². The number of aliphatic carboxylic acids is 1. The second kappa shape index (κ2) is 6.61. The van der Waals surface area contributed by atoms with Crippen LogP contribution in [-0.2, 0) is 9.59 Å². The van der Waals surface area contributed by atoms with Crippen molar-refractivity contribution in [2.24, 2.45) is 5.92 Å². The molecular weight excluding hydrogens is 268 g/mol. The summed E-state index contributed by atoms with van der Waals surface area (Å²) < 4.78 is 0. The highest BCUT2D eigenvalue weighted by Crippen LogP contribution is 2.24. The van der Waals surface area contributed by atoms with Crippen LogP contribution in [0.25, 0.3) is 0 Å². The molecule has 0 spiro atoms. The first-order valence-corrected chi connectivity index (χ1v) is 7.35. The Hall–Kier alpha value is -2.04. The minimum Gasteiger partial charge on any atom is -0.481 e.